The summed E-state index contributed by atoms with van der Waals surface area (Å²) in [6, 6.07) is 3.11. The normalized spacial score (nSPS) is 9.73. The number of pyridine rings is 1. The molecule has 0 aliphatic heterocycles. The Hall–Kier alpha value is 0.0700. The number of halogens is 3. The van der Waals surface area contributed by atoms with Gasteiger partial charge in [0.25, 0.3) is 5.24 Å². The summed E-state index contributed by atoms with van der Waals surface area (Å²) in [5.41, 5.74) is 0.417. The van der Waals surface area contributed by atoms with Gasteiger partial charge < -0.3 is 0 Å². The van der Waals surface area contributed by atoms with Gasteiger partial charge in [-0.2, -0.15) is 0 Å². The minimum absolute atomic E-state index is 0.417. The Morgan fingerprint density at radius 3 is 2.18 bits per heavy atom. The third-order valence-electron chi connectivity index (χ3n) is 0.990. The first-order valence-corrected chi connectivity index (χ1v) is 4.59. The average Bonchev–Trinajstić information content (AvgIpc) is 1.85. The predicted molar refractivity (Wildman–Crippen MR) is 49.8 cm³/mol. The first-order valence-electron chi connectivity index (χ1n) is 2.62. The molecular weight excluding hydrogens is 297 g/mol. The number of hydrogen-bond donors (Lipinski definition) is 0. The molecule has 0 fully saturated rings. The van der Waals surface area contributed by atoms with Crippen LogP contribution in [0, 0.1) is 0 Å². The van der Waals surface area contributed by atoms with E-state index in [0.717, 1.165) is 0 Å². The van der Waals surface area contributed by atoms with Crippen LogP contribution in [0.15, 0.2) is 21.3 Å². The number of carbonyl (C=O) groups excluding carboxylic acids is 1. The Labute approximate surface area is 85.2 Å². The molecular formula is C6H2Br2ClNO. The van der Waals surface area contributed by atoms with Crippen LogP contribution in [-0.4, -0.2) is 10.2 Å². The lowest BCUT2D eigenvalue weighted by Gasteiger charge is -1.95. The zero-order chi connectivity index (χ0) is 8.43. The van der Waals surface area contributed by atoms with E-state index in [1.54, 1.807) is 12.1 Å². The van der Waals surface area contributed by atoms with Gasteiger partial charge in [-0.25, -0.2) is 4.98 Å². The monoisotopic (exact) mass is 297 g/mol. The van der Waals surface area contributed by atoms with Crippen molar-refractivity contribution in [2.24, 2.45) is 0 Å². The van der Waals surface area contributed by atoms with E-state index in [0.29, 0.717) is 14.8 Å². The maximum atomic E-state index is 10.6. The molecule has 0 N–H and O–H groups in total. The third-order valence-corrected chi connectivity index (χ3v) is 2.02. The van der Waals surface area contributed by atoms with Gasteiger partial charge >= 0.3 is 0 Å². The highest BCUT2D eigenvalue weighted by atomic mass is 79.9. The van der Waals surface area contributed by atoms with Crippen molar-refractivity contribution in [1.82, 2.24) is 4.98 Å². The molecule has 1 aromatic rings. The quantitative estimate of drug-likeness (QED) is 0.589. The summed E-state index contributed by atoms with van der Waals surface area (Å²) < 4.78 is 1.16. The summed E-state index contributed by atoms with van der Waals surface area (Å²) in [4.78, 5) is 14.6. The lowest BCUT2D eigenvalue weighted by atomic mass is 10.3. The third kappa shape index (κ3) is 2.54. The van der Waals surface area contributed by atoms with Crippen molar-refractivity contribution in [3.8, 4) is 0 Å². The van der Waals surface area contributed by atoms with E-state index >= 15 is 0 Å². The number of hydrogen-bond acceptors (Lipinski definition) is 2. The molecule has 1 rings (SSSR count). The second-order valence-electron chi connectivity index (χ2n) is 1.77. The molecule has 0 unspecified atom stereocenters. The van der Waals surface area contributed by atoms with Gasteiger partial charge in [0.05, 0.1) is 0 Å². The molecule has 1 aromatic heterocycles. The smallest absolute Gasteiger partial charge is 0.252 e. The van der Waals surface area contributed by atoms with E-state index < -0.39 is 5.24 Å². The van der Waals surface area contributed by atoms with Gasteiger partial charge in [0.15, 0.2) is 0 Å². The van der Waals surface area contributed by atoms with Crippen LogP contribution in [0.25, 0.3) is 0 Å². The van der Waals surface area contributed by atoms with E-state index in [1.807, 2.05) is 0 Å². The molecule has 0 atom stereocenters. The van der Waals surface area contributed by atoms with Crippen molar-refractivity contribution in [1.29, 1.82) is 0 Å². The number of carbonyl (C=O) groups is 1. The highest BCUT2D eigenvalue weighted by Gasteiger charge is 2.04. The first kappa shape index (κ1) is 9.16. The molecule has 0 radical (unpaired) electrons. The Balaban J connectivity index is 3.19. The predicted octanol–water partition coefficient (Wildman–Crippen LogP) is 2.99. The van der Waals surface area contributed by atoms with Crippen molar-refractivity contribution < 1.29 is 4.79 Å². The highest BCUT2D eigenvalue weighted by Crippen LogP contribution is 2.16. The molecule has 0 spiro atoms. The van der Waals surface area contributed by atoms with Crippen molar-refractivity contribution in [2.45, 2.75) is 0 Å². The maximum absolute atomic E-state index is 10.6. The molecule has 0 amide bonds. The van der Waals surface area contributed by atoms with Crippen LogP contribution in [0.4, 0.5) is 0 Å². The van der Waals surface area contributed by atoms with Crippen LogP contribution in [0.3, 0.4) is 0 Å². The standard InChI is InChI=1S/C6H2Br2ClNO/c7-4-1-3(6(9)11)2-5(8)10-4/h1-2H. The first-order chi connectivity index (χ1) is 5.09. The van der Waals surface area contributed by atoms with Crippen molar-refractivity contribution in [3.63, 3.8) is 0 Å². The average molecular weight is 299 g/mol. The van der Waals surface area contributed by atoms with E-state index in [2.05, 4.69) is 36.8 Å². The van der Waals surface area contributed by atoms with Crippen LogP contribution in [-0.2, 0) is 0 Å². The van der Waals surface area contributed by atoms with Gasteiger partial charge in [0.2, 0.25) is 0 Å². The Bertz CT molecular complexity index is 282. The highest BCUT2D eigenvalue weighted by molar-refractivity contribution is 9.11. The summed E-state index contributed by atoms with van der Waals surface area (Å²) in [6.45, 7) is 0. The van der Waals surface area contributed by atoms with E-state index in [4.69, 9.17) is 11.6 Å². The fourth-order valence-corrected chi connectivity index (χ4v) is 1.80. The lowest BCUT2D eigenvalue weighted by Crippen LogP contribution is -1.90. The zero-order valence-corrected chi connectivity index (χ0v) is 9.07. The summed E-state index contributed by atoms with van der Waals surface area (Å²) in [5, 5.41) is -0.492. The number of aromatic nitrogens is 1. The van der Waals surface area contributed by atoms with Crippen LogP contribution in [0.1, 0.15) is 10.4 Å². The topological polar surface area (TPSA) is 30.0 Å². The van der Waals surface area contributed by atoms with Gasteiger partial charge in [-0.3, -0.25) is 4.79 Å². The summed E-state index contributed by atoms with van der Waals surface area (Å²) in [5.74, 6) is 0. The van der Waals surface area contributed by atoms with Crippen molar-refractivity contribution >= 4 is 48.7 Å². The largest absolute Gasteiger partial charge is 0.276 e. The van der Waals surface area contributed by atoms with Crippen molar-refractivity contribution in [3.05, 3.63) is 26.9 Å². The second kappa shape index (κ2) is 3.65. The second-order valence-corrected chi connectivity index (χ2v) is 3.74. The molecule has 0 aromatic carbocycles. The summed E-state index contributed by atoms with van der Waals surface area (Å²) in [6.07, 6.45) is 0. The van der Waals surface area contributed by atoms with E-state index in [1.165, 1.54) is 0 Å². The van der Waals surface area contributed by atoms with E-state index in [-0.39, 0.29) is 0 Å². The maximum Gasteiger partial charge on any atom is 0.252 e. The van der Waals surface area contributed by atoms with Gasteiger partial charge in [0.1, 0.15) is 9.21 Å². The van der Waals surface area contributed by atoms with Gasteiger partial charge in [-0.15, -0.1) is 0 Å². The fourth-order valence-electron chi connectivity index (χ4n) is 0.578. The van der Waals surface area contributed by atoms with Gasteiger partial charge in [-0.1, -0.05) is 0 Å². The molecule has 0 aliphatic carbocycles. The summed E-state index contributed by atoms with van der Waals surface area (Å²) >= 11 is 11.5. The van der Waals surface area contributed by atoms with Crippen LogP contribution in [0.5, 0.6) is 0 Å². The Morgan fingerprint density at radius 1 is 1.36 bits per heavy atom. The van der Waals surface area contributed by atoms with Crippen molar-refractivity contribution in [2.75, 3.05) is 0 Å². The summed E-state index contributed by atoms with van der Waals surface area (Å²) in [7, 11) is 0. The molecule has 0 bridgehead atoms. The Kier molecular flexibility index (Phi) is 3.04. The minimum Gasteiger partial charge on any atom is -0.276 e. The fraction of sp³-hybridized carbons (Fsp3) is 0. The van der Waals surface area contributed by atoms with Crippen LogP contribution >= 0.6 is 43.5 Å². The molecule has 5 heteroatoms. The van der Waals surface area contributed by atoms with Gasteiger partial charge in [0, 0.05) is 5.56 Å². The molecule has 58 valence electrons. The molecule has 2 nitrogen and oxygen atoms in total. The molecule has 11 heavy (non-hydrogen) atoms. The molecule has 0 saturated heterocycles. The molecule has 0 saturated carbocycles. The van der Waals surface area contributed by atoms with Gasteiger partial charge in [-0.05, 0) is 55.6 Å². The molecule has 1 heterocycles. The number of rotatable bonds is 1. The lowest BCUT2D eigenvalue weighted by molar-refractivity contribution is 0.108. The Morgan fingerprint density at radius 2 is 1.82 bits per heavy atom. The molecule has 0 aliphatic rings. The number of nitrogens with zero attached hydrogens (tertiary/aromatic N) is 1. The van der Waals surface area contributed by atoms with E-state index in [9.17, 15) is 4.79 Å². The van der Waals surface area contributed by atoms with Crippen LogP contribution < -0.4 is 0 Å². The zero-order valence-electron chi connectivity index (χ0n) is 5.14. The van der Waals surface area contributed by atoms with Crippen LogP contribution in [0.2, 0.25) is 0 Å². The minimum atomic E-state index is -0.492. The SMILES string of the molecule is O=C(Cl)c1cc(Br)nc(Br)c1.